The molecule has 1 aromatic rings. The molecule has 0 bridgehead atoms. The molecule has 1 aliphatic rings. The lowest BCUT2D eigenvalue weighted by Gasteiger charge is -2.34. The van der Waals surface area contributed by atoms with Crippen LogP contribution in [-0.2, 0) is 15.6 Å². The summed E-state index contributed by atoms with van der Waals surface area (Å²) in [5.41, 5.74) is 0.375. The predicted molar refractivity (Wildman–Crippen MR) is 118 cm³/mol. The Morgan fingerprint density at radius 3 is 2.00 bits per heavy atom. The molecule has 2 rings (SSSR count). The molecule has 0 spiro atoms. The summed E-state index contributed by atoms with van der Waals surface area (Å²) in [5, 5.41) is 10.8. The van der Waals surface area contributed by atoms with Crippen molar-refractivity contribution in [2.75, 3.05) is 6.61 Å². The maximum atomic E-state index is 15.0. The van der Waals surface area contributed by atoms with Crippen LogP contribution in [0.15, 0.2) is 12.1 Å². The largest absolute Gasteiger partial charge is 0.507 e. The zero-order valence-electron chi connectivity index (χ0n) is 19.8. The van der Waals surface area contributed by atoms with E-state index in [2.05, 4.69) is 6.92 Å². The van der Waals surface area contributed by atoms with Gasteiger partial charge in [0.15, 0.2) is 6.10 Å². The van der Waals surface area contributed by atoms with E-state index in [9.17, 15) is 13.9 Å². The highest BCUT2D eigenvalue weighted by Gasteiger charge is 2.46. The quantitative estimate of drug-likeness (QED) is 0.464. The minimum Gasteiger partial charge on any atom is -0.507 e. The summed E-state index contributed by atoms with van der Waals surface area (Å²) in [6.45, 7) is 14.2. The molecule has 0 amide bonds. The van der Waals surface area contributed by atoms with E-state index in [4.69, 9.17) is 9.47 Å². The first-order valence-corrected chi connectivity index (χ1v) is 11.3. The first-order valence-electron chi connectivity index (χ1n) is 11.3. The van der Waals surface area contributed by atoms with Gasteiger partial charge in [0.1, 0.15) is 11.5 Å². The Hall–Kier alpha value is -1.36. The smallest absolute Gasteiger partial charge is 0.424 e. The second-order valence-electron chi connectivity index (χ2n) is 10.8. The van der Waals surface area contributed by atoms with Gasteiger partial charge in [-0.25, -0.2) is 0 Å². The van der Waals surface area contributed by atoms with Crippen molar-refractivity contribution in [3.05, 3.63) is 23.3 Å². The Kier molecular flexibility index (Phi) is 7.82. The van der Waals surface area contributed by atoms with Crippen molar-refractivity contribution < 1.29 is 23.4 Å². The normalized spacial score (nSPS) is 21.0. The van der Waals surface area contributed by atoms with E-state index in [1.807, 2.05) is 41.5 Å². The molecule has 1 aromatic carbocycles. The van der Waals surface area contributed by atoms with Crippen molar-refractivity contribution in [1.29, 1.82) is 0 Å². The molecule has 1 saturated heterocycles. The van der Waals surface area contributed by atoms with Crippen LogP contribution < -0.4 is 4.74 Å². The van der Waals surface area contributed by atoms with Crippen molar-refractivity contribution >= 4 is 0 Å². The molecule has 1 heterocycles. The van der Waals surface area contributed by atoms with Crippen molar-refractivity contribution in [2.45, 2.75) is 110 Å². The first kappa shape index (κ1) is 24.9. The third-order valence-electron chi connectivity index (χ3n) is 5.91. The monoisotopic (exact) mass is 426 g/mol. The number of unbranched alkanes of at least 4 members (excludes halogenated alkanes) is 2. The van der Waals surface area contributed by atoms with Gasteiger partial charge < -0.3 is 14.6 Å². The number of hydrogen-bond donors (Lipinski definition) is 1. The average molecular weight is 427 g/mol. The van der Waals surface area contributed by atoms with Gasteiger partial charge in [0, 0.05) is 11.1 Å². The van der Waals surface area contributed by atoms with Crippen molar-refractivity contribution in [3.63, 3.8) is 0 Å². The van der Waals surface area contributed by atoms with Gasteiger partial charge in [-0.3, -0.25) is 0 Å². The number of rotatable bonds is 7. The fourth-order valence-corrected chi connectivity index (χ4v) is 4.01. The lowest BCUT2D eigenvalue weighted by molar-refractivity contribution is -0.265. The maximum absolute atomic E-state index is 15.0. The number of alkyl halides is 2. The summed E-state index contributed by atoms with van der Waals surface area (Å²) >= 11 is 0. The molecule has 1 fully saturated rings. The van der Waals surface area contributed by atoms with Gasteiger partial charge in [-0.05, 0) is 48.1 Å². The van der Waals surface area contributed by atoms with Gasteiger partial charge in [-0.2, -0.15) is 8.78 Å². The van der Waals surface area contributed by atoms with E-state index in [0.717, 1.165) is 25.7 Å². The zero-order chi connectivity index (χ0) is 22.7. The standard InChI is InChI=1S/C25H40F2O3/c1-8-9-10-11-17-12-13-21(29-16-17)25(26,27)30-18-14-19(23(2,3)4)22(28)20(15-18)24(5,6)7/h14-15,17,21,28H,8-13,16H2,1-7H3. The SMILES string of the molecule is CCCCCC1CCC(C(F)(F)Oc2cc(C(C)(C)C)c(O)c(C(C)(C)C)c2)OC1. The van der Waals surface area contributed by atoms with Crippen LogP contribution in [0.25, 0.3) is 0 Å². The van der Waals surface area contributed by atoms with E-state index in [1.165, 1.54) is 18.6 Å². The highest BCUT2D eigenvalue weighted by Crippen LogP contribution is 2.43. The molecule has 0 saturated carbocycles. The highest BCUT2D eigenvalue weighted by atomic mass is 19.3. The lowest BCUT2D eigenvalue weighted by Crippen LogP contribution is -2.44. The van der Waals surface area contributed by atoms with E-state index >= 15 is 0 Å². The molecule has 30 heavy (non-hydrogen) atoms. The topological polar surface area (TPSA) is 38.7 Å². The van der Waals surface area contributed by atoms with Gasteiger partial charge in [-0.15, -0.1) is 0 Å². The fourth-order valence-electron chi connectivity index (χ4n) is 4.01. The first-order chi connectivity index (χ1) is 13.8. The molecule has 2 unspecified atom stereocenters. The number of phenolic OH excluding ortho intramolecular Hbond substituents is 1. The molecular weight excluding hydrogens is 386 g/mol. The van der Waals surface area contributed by atoms with Crippen LogP contribution in [-0.4, -0.2) is 23.9 Å². The Balaban J connectivity index is 2.18. The van der Waals surface area contributed by atoms with Gasteiger partial charge in [0.05, 0.1) is 6.61 Å². The lowest BCUT2D eigenvalue weighted by atomic mass is 9.79. The highest BCUT2D eigenvalue weighted by molar-refractivity contribution is 5.52. The molecular formula is C25H40F2O3. The summed E-state index contributed by atoms with van der Waals surface area (Å²) in [7, 11) is 0. The molecule has 1 aliphatic heterocycles. The minimum absolute atomic E-state index is 0.0707. The fraction of sp³-hybridized carbons (Fsp3) is 0.760. The van der Waals surface area contributed by atoms with Crippen LogP contribution in [0.4, 0.5) is 8.78 Å². The summed E-state index contributed by atoms with van der Waals surface area (Å²) < 4.78 is 40.7. The zero-order valence-corrected chi connectivity index (χ0v) is 19.8. The third-order valence-corrected chi connectivity index (χ3v) is 5.91. The van der Waals surface area contributed by atoms with E-state index < -0.39 is 23.0 Å². The third kappa shape index (κ3) is 6.32. The van der Waals surface area contributed by atoms with Crippen LogP contribution in [0.5, 0.6) is 11.5 Å². The van der Waals surface area contributed by atoms with Crippen LogP contribution in [0.1, 0.15) is 98.1 Å². The number of hydrogen-bond acceptors (Lipinski definition) is 3. The van der Waals surface area contributed by atoms with Gasteiger partial charge in [0.25, 0.3) is 0 Å². The van der Waals surface area contributed by atoms with Crippen molar-refractivity contribution in [1.82, 2.24) is 0 Å². The molecule has 0 radical (unpaired) electrons. The predicted octanol–water partition coefficient (Wildman–Crippen LogP) is 7.33. The van der Waals surface area contributed by atoms with Crippen LogP contribution >= 0.6 is 0 Å². The minimum atomic E-state index is -3.42. The molecule has 5 heteroatoms. The van der Waals surface area contributed by atoms with Crippen LogP contribution in [0, 0.1) is 5.92 Å². The van der Waals surface area contributed by atoms with Gasteiger partial charge in [-0.1, -0.05) is 67.7 Å². The average Bonchev–Trinajstić information content (AvgIpc) is 2.61. The second-order valence-corrected chi connectivity index (χ2v) is 10.8. The van der Waals surface area contributed by atoms with Gasteiger partial charge in [0.2, 0.25) is 0 Å². The van der Waals surface area contributed by atoms with Crippen LogP contribution in [0.2, 0.25) is 0 Å². The number of ether oxygens (including phenoxy) is 2. The Morgan fingerprint density at radius 2 is 1.57 bits per heavy atom. The summed E-state index contributed by atoms with van der Waals surface area (Å²) in [5.74, 6) is 0.577. The summed E-state index contributed by atoms with van der Waals surface area (Å²) in [6.07, 6.45) is 0.855. The van der Waals surface area contributed by atoms with E-state index in [0.29, 0.717) is 30.1 Å². The molecule has 0 aliphatic carbocycles. The molecule has 1 N–H and O–H groups in total. The second kappa shape index (κ2) is 9.42. The van der Waals surface area contributed by atoms with E-state index in [-0.39, 0.29) is 11.5 Å². The number of phenols is 1. The van der Waals surface area contributed by atoms with E-state index in [1.54, 1.807) is 0 Å². The summed E-state index contributed by atoms with van der Waals surface area (Å²) in [6, 6.07) is 3.07. The van der Waals surface area contributed by atoms with Gasteiger partial charge >= 0.3 is 6.11 Å². The summed E-state index contributed by atoms with van der Waals surface area (Å²) in [4.78, 5) is 0. The Morgan fingerprint density at radius 1 is 1.00 bits per heavy atom. The molecule has 172 valence electrons. The number of aromatic hydroxyl groups is 1. The van der Waals surface area contributed by atoms with Crippen LogP contribution in [0.3, 0.4) is 0 Å². The molecule has 0 aromatic heterocycles. The number of benzene rings is 1. The van der Waals surface area contributed by atoms with Crippen molar-refractivity contribution in [2.24, 2.45) is 5.92 Å². The Labute approximate surface area is 181 Å². The molecule has 2 atom stereocenters. The maximum Gasteiger partial charge on any atom is 0.424 e. The molecule has 3 nitrogen and oxygen atoms in total. The van der Waals surface area contributed by atoms with Crippen molar-refractivity contribution in [3.8, 4) is 11.5 Å². The Bertz CT molecular complexity index is 658. The number of halogens is 2.